The highest BCUT2D eigenvalue weighted by atomic mass is 19.1. The summed E-state index contributed by atoms with van der Waals surface area (Å²) in [5.74, 6) is -2.43. The summed E-state index contributed by atoms with van der Waals surface area (Å²) < 4.78 is 21.8. The SMILES string of the molecule is Cc1nn(C)c(C)c1C(O)=C1C(=O)C(=O)N(CCN2CCOCC2)[C@@H]1c1ccccc1F. The van der Waals surface area contributed by atoms with Crippen molar-refractivity contribution in [2.45, 2.75) is 19.9 Å². The summed E-state index contributed by atoms with van der Waals surface area (Å²) in [6, 6.07) is 5.02. The molecular formula is C23H27FN4O4. The lowest BCUT2D eigenvalue weighted by atomic mass is 9.94. The molecule has 0 saturated carbocycles. The summed E-state index contributed by atoms with van der Waals surface area (Å²) in [6.07, 6.45) is 0. The van der Waals surface area contributed by atoms with Crippen LogP contribution in [0.5, 0.6) is 0 Å². The summed E-state index contributed by atoms with van der Waals surface area (Å²) in [4.78, 5) is 29.7. The molecule has 1 amide bonds. The van der Waals surface area contributed by atoms with Crippen LogP contribution in [0, 0.1) is 19.7 Å². The van der Waals surface area contributed by atoms with Crippen molar-refractivity contribution >= 4 is 17.4 Å². The van der Waals surface area contributed by atoms with Gasteiger partial charge in [0.2, 0.25) is 0 Å². The number of aliphatic hydroxyl groups excluding tert-OH is 1. The normalized spacial score (nSPS) is 21.5. The van der Waals surface area contributed by atoms with Crippen molar-refractivity contribution in [3.63, 3.8) is 0 Å². The number of likely N-dealkylation sites (tertiary alicyclic amines) is 1. The molecule has 3 heterocycles. The Bertz CT molecular complexity index is 1090. The maximum Gasteiger partial charge on any atom is 0.295 e. The molecule has 0 aliphatic carbocycles. The van der Waals surface area contributed by atoms with Gasteiger partial charge in [0.05, 0.1) is 36.1 Å². The second-order valence-corrected chi connectivity index (χ2v) is 8.14. The van der Waals surface area contributed by atoms with E-state index in [4.69, 9.17) is 4.74 Å². The molecule has 32 heavy (non-hydrogen) atoms. The first-order valence-electron chi connectivity index (χ1n) is 10.6. The maximum absolute atomic E-state index is 14.9. The van der Waals surface area contributed by atoms with E-state index in [1.165, 1.54) is 11.0 Å². The minimum Gasteiger partial charge on any atom is -0.507 e. The molecule has 1 atom stereocenters. The minimum absolute atomic E-state index is 0.110. The predicted octanol–water partition coefficient (Wildman–Crippen LogP) is 1.93. The second-order valence-electron chi connectivity index (χ2n) is 8.14. The number of carbonyl (C=O) groups is 2. The lowest BCUT2D eigenvalue weighted by molar-refractivity contribution is -0.140. The number of hydrogen-bond acceptors (Lipinski definition) is 6. The number of nitrogens with zero attached hydrogens (tertiary/aromatic N) is 4. The topological polar surface area (TPSA) is 87.9 Å². The van der Waals surface area contributed by atoms with Gasteiger partial charge in [0.15, 0.2) is 0 Å². The number of rotatable bonds is 5. The molecule has 0 bridgehead atoms. The number of aromatic nitrogens is 2. The van der Waals surface area contributed by atoms with Crippen molar-refractivity contribution < 1.29 is 23.8 Å². The second kappa shape index (κ2) is 8.84. The molecule has 4 rings (SSSR count). The van der Waals surface area contributed by atoms with Gasteiger partial charge in [-0.05, 0) is 19.9 Å². The molecule has 2 saturated heterocycles. The molecule has 1 aromatic carbocycles. The fourth-order valence-electron chi connectivity index (χ4n) is 4.46. The van der Waals surface area contributed by atoms with Crippen LogP contribution in [0.1, 0.15) is 28.6 Å². The quantitative estimate of drug-likeness (QED) is 0.433. The van der Waals surface area contributed by atoms with E-state index >= 15 is 0 Å². The van der Waals surface area contributed by atoms with Crippen LogP contribution in [0.15, 0.2) is 29.8 Å². The zero-order valence-corrected chi connectivity index (χ0v) is 18.5. The summed E-state index contributed by atoms with van der Waals surface area (Å²) >= 11 is 0. The number of hydrogen-bond donors (Lipinski definition) is 1. The standard InChI is InChI=1S/C23H27FN4O4/c1-14-18(15(2)26(3)25-14)21(29)19-20(16-6-4-5-7-17(16)24)28(23(31)22(19)30)9-8-27-10-12-32-13-11-27/h4-7,20,29H,8-13H2,1-3H3/t20-/m1/s1. The molecule has 2 aromatic rings. The van der Waals surface area contributed by atoms with Crippen LogP contribution in [0.2, 0.25) is 0 Å². The molecule has 1 aromatic heterocycles. The van der Waals surface area contributed by atoms with Gasteiger partial charge in [-0.25, -0.2) is 4.39 Å². The van der Waals surface area contributed by atoms with Gasteiger partial charge in [0, 0.05) is 44.5 Å². The highest BCUT2D eigenvalue weighted by Gasteiger charge is 2.47. The van der Waals surface area contributed by atoms with Gasteiger partial charge in [-0.1, -0.05) is 18.2 Å². The van der Waals surface area contributed by atoms with E-state index in [-0.39, 0.29) is 23.4 Å². The summed E-state index contributed by atoms with van der Waals surface area (Å²) in [5, 5.41) is 15.5. The molecule has 0 unspecified atom stereocenters. The van der Waals surface area contributed by atoms with E-state index in [9.17, 15) is 19.1 Å². The van der Waals surface area contributed by atoms with E-state index in [1.54, 1.807) is 43.8 Å². The van der Waals surface area contributed by atoms with E-state index < -0.39 is 23.5 Å². The van der Waals surface area contributed by atoms with E-state index in [1.807, 2.05) is 0 Å². The fraction of sp³-hybridized carbons (Fsp3) is 0.435. The van der Waals surface area contributed by atoms with Crippen LogP contribution in [0.3, 0.4) is 0 Å². The lowest BCUT2D eigenvalue weighted by Gasteiger charge is -2.31. The van der Waals surface area contributed by atoms with Gasteiger partial charge in [-0.2, -0.15) is 5.10 Å². The number of ketones is 1. The third-order valence-corrected chi connectivity index (χ3v) is 6.25. The number of benzene rings is 1. The van der Waals surface area contributed by atoms with Crippen molar-refractivity contribution in [1.29, 1.82) is 0 Å². The van der Waals surface area contributed by atoms with Gasteiger partial charge in [-0.15, -0.1) is 0 Å². The van der Waals surface area contributed by atoms with Gasteiger partial charge in [-0.3, -0.25) is 19.2 Å². The van der Waals surface area contributed by atoms with Crippen molar-refractivity contribution in [1.82, 2.24) is 19.6 Å². The zero-order valence-electron chi connectivity index (χ0n) is 18.5. The summed E-state index contributed by atoms with van der Waals surface area (Å²) in [5.41, 5.74) is 1.62. The molecule has 0 radical (unpaired) electrons. The van der Waals surface area contributed by atoms with E-state index in [0.29, 0.717) is 36.7 Å². The average molecular weight is 442 g/mol. The number of aliphatic hydroxyl groups is 1. The molecule has 2 fully saturated rings. The van der Waals surface area contributed by atoms with Crippen molar-refractivity contribution in [3.8, 4) is 0 Å². The molecule has 0 spiro atoms. The van der Waals surface area contributed by atoms with Crippen molar-refractivity contribution in [3.05, 3.63) is 58.2 Å². The minimum atomic E-state index is -1.02. The van der Waals surface area contributed by atoms with E-state index in [2.05, 4.69) is 10.00 Å². The first kappa shape index (κ1) is 22.2. The van der Waals surface area contributed by atoms with Gasteiger partial charge in [0.25, 0.3) is 11.7 Å². The highest BCUT2D eigenvalue weighted by molar-refractivity contribution is 6.46. The Labute approximate surface area is 185 Å². The molecule has 2 aliphatic rings. The number of aryl methyl sites for hydroxylation is 2. The fourth-order valence-corrected chi connectivity index (χ4v) is 4.46. The van der Waals surface area contributed by atoms with Crippen LogP contribution in [-0.2, 0) is 21.4 Å². The van der Waals surface area contributed by atoms with Crippen LogP contribution in [0.4, 0.5) is 4.39 Å². The third-order valence-electron chi connectivity index (χ3n) is 6.25. The largest absolute Gasteiger partial charge is 0.507 e. The summed E-state index contributed by atoms with van der Waals surface area (Å²) in [6.45, 7) is 6.89. The Morgan fingerprint density at radius 2 is 1.88 bits per heavy atom. The van der Waals surface area contributed by atoms with Gasteiger partial charge < -0.3 is 14.7 Å². The Hall–Kier alpha value is -3.04. The predicted molar refractivity (Wildman–Crippen MR) is 115 cm³/mol. The van der Waals surface area contributed by atoms with E-state index in [0.717, 1.165) is 13.1 Å². The first-order chi connectivity index (χ1) is 15.3. The number of morpholine rings is 1. The molecule has 170 valence electrons. The first-order valence-corrected chi connectivity index (χ1v) is 10.6. The molecule has 1 N–H and O–H groups in total. The van der Waals surface area contributed by atoms with Crippen LogP contribution in [-0.4, -0.2) is 75.8 Å². The number of ether oxygens (including phenoxy) is 1. The highest BCUT2D eigenvalue weighted by Crippen LogP contribution is 2.41. The lowest BCUT2D eigenvalue weighted by Crippen LogP contribution is -2.42. The summed E-state index contributed by atoms with van der Waals surface area (Å²) in [7, 11) is 1.73. The smallest absolute Gasteiger partial charge is 0.295 e. The monoisotopic (exact) mass is 442 g/mol. The molecule has 9 heteroatoms. The Kier molecular flexibility index (Phi) is 6.12. The van der Waals surface area contributed by atoms with Gasteiger partial charge in [0.1, 0.15) is 11.6 Å². The van der Waals surface area contributed by atoms with Crippen LogP contribution >= 0.6 is 0 Å². The van der Waals surface area contributed by atoms with Crippen LogP contribution in [0.25, 0.3) is 5.76 Å². The zero-order chi connectivity index (χ0) is 23.0. The molecule has 2 aliphatic heterocycles. The number of amides is 1. The molecular weight excluding hydrogens is 415 g/mol. The van der Waals surface area contributed by atoms with Gasteiger partial charge >= 0.3 is 0 Å². The Morgan fingerprint density at radius 3 is 2.50 bits per heavy atom. The Morgan fingerprint density at radius 1 is 1.19 bits per heavy atom. The number of halogens is 1. The number of Topliss-reactive ketones (excluding diaryl/α,β-unsaturated/α-hetero) is 1. The third kappa shape index (κ3) is 3.82. The van der Waals surface area contributed by atoms with Crippen molar-refractivity contribution in [2.75, 3.05) is 39.4 Å². The molecule has 8 nitrogen and oxygen atoms in total. The average Bonchev–Trinajstić information content (AvgIpc) is 3.18. The maximum atomic E-state index is 14.9. The number of carbonyl (C=O) groups excluding carboxylic acids is 2. The van der Waals surface area contributed by atoms with Crippen LogP contribution < -0.4 is 0 Å². The Balaban J connectivity index is 1.80. The van der Waals surface area contributed by atoms with Crippen molar-refractivity contribution in [2.24, 2.45) is 7.05 Å².